The van der Waals surface area contributed by atoms with Gasteiger partial charge in [0.25, 0.3) is 5.56 Å². The first-order valence-corrected chi connectivity index (χ1v) is 10.4. The van der Waals surface area contributed by atoms with Crippen molar-refractivity contribution >= 4 is 16.6 Å². The van der Waals surface area contributed by atoms with Crippen LogP contribution in [0.15, 0.2) is 65.5 Å². The van der Waals surface area contributed by atoms with Crippen LogP contribution in [0, 0.1) is 0 Å². The number of carbonyl (C=O) groups excluding carboxylic acids is 1. The highest BCUT2D eigenvalue weighted by Crippen LogP contribution is 2.43. The maximum absolute atomic E-state index is 13.8. The van der Waals surface area contributed by atoms with Gasteiger partial charge in [-0.3, -0.25) is 9.59 Å². The molecular weight excluding hydrogens is 422 g/mol. The summed E-state index contributed by atoms with van der Waals surface area (Å²) in [6.45, 7) is -0.0934. The monoisotopic (exact) mass is 443 g/mol. The first kappa shape index (κ1) is 20.8. The third kappa shape index (κ3) is 3.08. The summed E-state index contributed by atoms with van der Waals surface area (Å²) in [7, 11) is 2.92. The Morgan fingerprint density at radius 1 is 0.909 bits per heavy atom. The summed E-state index contributed by atoms with van der Waals surface area (Å²) >= 11 is 0. The largest absolute Gasteiger partial charge is 0.508 e. The molecule has 0 aliphatic heterocycles. The number of phenolic OH excluding ortho intramolecular Hbond substituents is 1. The van der Waals surface area contributed by atoms with E-state index in [9.17, 15) is 19.8 Å². The van der Waals surface area contributed by atoms with E-state index in [1.165, 1.54) is 30.9 Å². The summed E-state index contributed by atoms with van der Waals surface area (Å²) in [5.41, 5.74) is 2.14. The van der Waals surface area contributed by atoms with E-state index in [0.29, 0.717) is 39.1 Å². The number of aliphatic hydroxyl groups is 1. The molecule has 4 aromatic rings. The molecule has 1 heterocycles. The summed E-state index contributed by atoms with van der Waals surface area (Å²) < 4.78 is 12.3. The molecule has 166 valence electrons. The Labute approximate surface area is 189 Å². The lowest BCUT2D eigenvalue weighted by Gasteiger charge is -2.20. The predicted molar refractivity (Wildman–Crippen MR) is 123 cm³/mol. The van der Waals surface area contributed by atoms with Crippen molar-refractivity contribution in [1.82, 2.24) is 4.57 Å². The Balaban J connectivity index is 1.83. The summed E-state index contributed by atoms with van der Waals surface area (Å²) in [6, 6.07) is 16.6. The van der Waals surface area contributed by atoms with Crippen LogP contribution in [0.5, 0.6) is 17.2 Å². The molecule has 0 spiro atoms. The van der Waals surface area contributed by atoms with Crippen LogP contribution < -0.4 is 15.0 Å². The van der Waals surface area contributed by atoms with Gasteiger partial charge < -0.3 is 24.3 Å². The molecule has 0 unspecified atom stereocenters. The first-order valence-electron chi connectivity index (χ1n) is 10.4. The lowest BCUT2D eigenvalue weighted by Crippen LogP contribution is -2.26. The number of rotatable bonds is 5. The Bertz CT molecular complexity index is 1470. The number of phenols is 1. The van der Waals surface area contributed by atoms with Crippen molar-refractivity contribution in [3.05, 3.63) is 87.7 Å². The van der Waals surface area contributed by atoms with Crippen molar-refractivity contribution in [2.24, 2.45) is 0 Å². The zero-order valence-corrected chi connectivity index (χ0v) is 18.0. The molecule has 0 amide bonds. The maximum atomic E-state index is 13.8. The van der Waals surface area contributed by atoms with E-state index in [1.54, 1.807) is 42.5 Å². The summed E-state index contributed by atoms with van der Waals surface area (Å²) in [5.74, 6) is 0.492. The van der Waals surface area contributed by atoms with E-state index >= 15 is 0 Å². The standard InChI is InChI=1S/C26H21NO6/c1-32-20-12-11-18-21-23(16-5-3-4-6-17(16)24(21)30)27(26(31)22(18)25(20)33-2)13-19(29)14-7-9-15(28)10-8-14/h3-12,19,28-29H,13H2,1-2H3/t19-/m1/s1. The zero-order chi connectivity index (χ0) is 23.3. The van der Waals surface area contributed by atoms with Crippen LogP contribution in [0.1, 0.15) is 27.6 Å². The number of ether oxygens (including phenoxy) is 2. The number of aromatic hydroxyl groups is 1. The van der Waals surface area contributed by atoms with E-state index in [4.69, 9.17) is 9.47 Å². The fraction of sp³-hybridized carbons (Fsp3) is 0.154. The number of methoxy groups -OCH3 is 2. The Kier molecular flexibility index (Phi) is 4.91. The number of ketones is 1. The quantitative estimate of drug-likeness (QED) is 0.430. The lowest BCUT2D eigenvalue weighted by atomic mass is 10.0. The highest BCUT2D eigenvalue weighted by molar-refractivity contribution is 6.27. The number of hydrogen-bond acceptors (Lipinski definition) is 6. The van der Waals surface area contributed by atoms with E-state index < -0.39 is 11.7 Å². The van der Waals surface area contributed by atoms with Gasteiger partial charge in [0.15, 0.2) is 17.3 Å². The van der Waals surface area contributed by atoms with Crippen molar-refractivity contribution < 1.29 is 24.5 Å². The van der Waals surface area contributed by atoms with Gasteiger partial charge in [-0.05, 0) is 29.8 Å². The van der Waals surface area contributed by atoms with Crippen molar-refractivity contribution in [1.29, 1.82) is 0 Å². The highest BCUT2D eigenvalue weighted by atomic mass is 16.5. The van der Waals surface area contributed by atoms with E-state index in [-0.39, 0.29) is 29.2 Å². The second-order valence-corrected chi connectivity index (χ2v) is 7.85. The summed E-state index contributed by atoms with van der Waals surface area (Å²) in [6.07, 6.45) is -1.05. The first-order chi connectivity index (χ1) is 16.0. The normalized spacial score (nSPS) is 13.0. The summed E-state index contributed by atoms with van der Waals surface area (Å²) in [5, 5.41) is 21.2. The highest BCUT2D eigenvalue weighted by Gasteiger charge is 2.34. The molecule has 5 rings (SSSR count). The zero-order valence-electron chi connectivity index (χ0n) is 18.0. The Morgan fingerprint density at radius 3 is 2.27 bits per heavy atom. The third-order valence-corrected chi connectivity index (χ3v) is 6.07. The topological polar surface area (TPSA) is 98.0 Å². The number of fused-ring (bicyclic) bond motifs is 5. The third-order valence-electron chi connectivity index (χ3n) is 6.07. The van der Waals surface area contributed by atoms with E-state index in [1.807, 2.05) is 6.07 Å². The van der Waals surface area contributed by atoms with Gasteiger partial charge in [0, 0.05) is 16.5 Å². The number of benzene rings is 3. The minimum atomic E-state index is -1.05. The molecular formula is C26H21NO6. The van der Waals surface area contributed by atoms with Crippen LogP contribution in [0.25, 0.3) is 22.0 Å². The van der Waals surface area contributed by atoms with Gasteiger partial charge in [0.1, 0.15) is 5.75 Å². The fourth-order valence-corrected chi connectivity index (χ4v) is 4.53. The predicted octanol–water partition coefficient (Wildman–Crippen LogP) is 3.67. The van der Waals surface area contributed by atoms with Crippen LogP contribution in [0.3, 0.4) is 0 Å². The molecule has 0 fully saturated rings. The number of hydrogen-bond donors (Lipinski definition) is 2. The number of aromatic nitrogens is 1. The van der Waals surface area contributed by atoms with Crippen LogP contribution in [0.4, 0.5) is 0 Å². The molecule has 0 bridgehead atoms. The van der Waals surface area contributed by atoms with Gasteiger partial charge in [-0.15, -0.1) is 0 Å². The maximum Gasteiger partial charge on any atom is 0.262 e. The summed E-state index contributed by atoms with van der Waals surface area (Å²) in [4.78, 5) is 27.3. The molecule has 7 heteroatoms. The van der Waals surface area contributed by atoms with Crippen molar-refractivity contribution in [3.8, 4) is 28.5 Å². The van der Waals surface area contributed by atoms with Crippen LogP contribution >= 0.6 is 0 Å². The minimum Gasteiger partial charge on any atom is -0.508 e. The molecule has 2 N–H and O–H groups in total. The van der Waals surface area contributed by atoms with Gasteiger partial charge >= 0.3 is 0 Å². The van der Waals surface area contributed by atoms with Crippen LogP contribution in [-0.2, 0) is 6.54 Å². The van der Waals surface area contributed by atoms with Crippen molar-refractivity contribution in [3.63, 3.8) is 0 Å². The lowest BCUT2D eigenvalue weighted by molar-refractivity contribution is 0.104. The molecule has 3 aromatic carbocycles. The average molecular weight is 443 g/mol. The van der Waals surface area contributed by atoms with Gasteiger partial charge in [0.2, 0.25) is 0 Å². The minimum absolute atomic E-state index is 0.0751. The molecule has 7 nitrogen and oxygen atoms in total. The Morgan fingerprint density at radius 2 is 1.61 bits per heavy atom. The second-order valence-electron chi connectivity index (χ2n) is 7.85. The number of pyridine rings is 1. The molecule has 0 saturated heterocycles. The molecule has 1 aromatic heterocycles. The van der Waals surface area contributed by atoms with Gasteiger partial charge in [-0.2, -0.15) is 0 Å². The number of aliphatic hydroxyl groups excluding tert-OH is 1. The average Bonchev–Trinajstić information content (AvgIpc) is 3.13. The van der Waals surface area contributed by atoms with Crippen LogP contribution in [0.2, 0.25) is 0 Å². The Hall–Kier alpha value is -4.10. The fourth-order valence-electron chi connectivity index (χ4n) is 4.53. The molecule has 33 heavy (non-hydrogen) atoms. The number of nitrogens with zero attached hydrogens (tertiary/aromatic N) is 1. The second kappa shape index (κ2) is 7.79. The molecule has 1 atom stereocenters. The van der Waals surface area contributed by atoms with Gasteiger partial charge in [0.05, 0.1) is 43.5 Å². The smallest absolute Gasteiger partial charge is 0.262 e. The van der Waals surface area contributed by atoms with Crippen LogP contribution in [-0.4, -0.2) is 34.8 Å². The number of carbonyl (C=O) groups is 1. The van der Waals surface area contributed by atoms with E-state index in [0.717, 1.165) is 0 Å². The van der Waals surface area contributed by atoms with Gasteiger partial charge in [-0.1, -0.05) is 36.4 Å². The SMILES string of the molecule is COc1ccc2c3c(n(C[C@@H](O)c4ccc(O)cc4)c(=O)c2c1OC)-c1ccccc1C3=O. The van der Waals surface area contributed by atoms with Crippen molar-refractivity contribution in [2.45, 2.75) is 12.6 Å². The molecule has 1 aliphatic rings. The van der Waals surface area contributed by atoms with Crippen molar-refractivity contribution in [2.75, 3.05) is 14.2 Å². The molecule has 1 aliphatic carbocycles. The molecule has 0 radical (unpaired) electrons. The molecule has 0 saturated carbocycles. The van der Waals surface area contributed by atoms with Gasteiger partial charge in [-0.25, -0.2) is 0 Å². The van der Waals surface area contributed by atoms with E-state index in [2.05, 4.69) is 0 Å².